The summed E-state index contributed by atoms with van der Waals surface area (Å²) in [6.45, 7) is 1.70. The molecule has 1 aromatic heterocycles. The van der Waals surface area contributed by atoms with Crippen LogP contribution in [0, 0.1) is 0 Å². The minimum atomic E-state index is -0.349. The van der Waals surface area contributed by atoms with E-state index < -0.39 is 0 Å². The van der Waals surface area contributed by atoms with Gasteiger partial charge in [0.2, 0.25) is 0 Å². The van der Waals surface area contributed by atoms with Gasteiger partial charge in [0.15, 0.2) is 11.5 Å². The number of phenols is 1. The van der Waals surface area contributed by atoms with E-state index in [1.54, 1.807) is 6.07 Å². The highest BCUT2D eigenvalue weighted by Crippen LogP contribution is 2.45. The lowest BCUT2D eigenvalue weighted by Crippen LogP contribution is -2.09. The van der Waals surface area contributed by atoms with Gasteiger partial charge in [0, 0.05) is 34.7 Å². The first-order chi connectivity index (χ1) is 16.1. The van der Waals surface area contributed by atoms with Gasteiger partial charge < -0.3 is 14.6 Å². The molecule has 0 unspecified atom stereocenters. The van der Waals surface area contributed by atoms with E-state index in [-0.39, 0.29) is 24.9 Å². The summed E-state index contributed by atoms with van der Waals surface area (Å²) in [5.74, 6) is 0.201. The number of hydrogen-bond donors (Lipinski definition) is 1. The number of hydrogen-bond acceptors (Lipinski definition) is 5. The summed E-state index contributed by atoms with van der Waals surface area (Å²) >= 11 is 0. The lowest BCUT2D eigenvalue weighted by atomic mass is 9.83. The van der Waals surface area contributed by atoms with E-state index in [1.165, 1.54) is 28.6 Å². The Kier molecular flexibility index (Phi) is 4.57. The number of benzene rings is 4. The predicted molar refractivity (Wildman–Crippen MR) is 130 cm³/mol. The lowest BCUT2D eigenvalue weighted by Gasteiger charge is -2.22. The number of fused-ring (bicyclic) bond motifs is 6. The standard InChI is InChI=1S/C28H23NO4/c1-16(30)32-11-12-33-24-10-9-18-14-23-25-17(6-4-8-21(25)26(18)28(24)31)13-22-20-7-3-2-5-19(20)15-29-27(22)23/h2-3,5,7,9-10,13-15,31H,4,6,8,11-12H2,1H3. The van der Waals surface area contributed by atoms with Gasteiger partial charge in [-0.15, -0.1) is 0 Å². The number of nitrogens with zero attached hydrogens (tertiary/aromatic N) is 1. The first-order valence-electron chi connectivity index (χ1n) is 11.3. The summed E-state index contributed by atoms with van der Waals surface area (Å²) in [5, 5.41) is 18.8. The first kappa shape index (κ1) is 19.8. The Morgan fingerprint density at radius 1 is 0.970 bits per heavy atom. The molecule has 5 nitrogen and oxygen atoms in total. The Morgan fingerprint density at radius 2 is 1.85 bits per heavy atom. The molecule has 0 atom stereocenters. The van der Waals surface area contributed by atoms with Crippen molar-refractivity contribution in [2.75, 3.05) is 13.2 Å². The van der Waals surface area contributed by atoms with Crippen LogP contribution in [0.2, 0.25) is 0 Å². The first-order valence-corrected chi connectivity index (χ1v) is 11.3. The van der Waals surface area contributed by atoms with Gasteiger partial charge in [0.25, 0.3) is 0 Å². The van der Waals surface area contributed by atoms with Crippen LogP contribution >= 0.6 is 0 Å². The van der Waals surface area contributed by atoms with E-state index >= 15 is 0 Å². The third kappa shape index (κ3) is 3.15. The number of aromatic hydroxyl groups is 1. The van der Waals surface area contributed by atoms with Crippen molar-refractivity contribution in [1.29, 1.82) is 0 Å². The van der Waals surface area contributed by atoms with E-state index in [1.807, 2.05) is 18.3 Å². The topological polar surface area (TPSA) is 68.7 Å². The second-order valence-electron chi connectivity index (χ2n) is 8.61. The van der Waals surface area contributed by atoms with Crippen molar-refractivity contribution in [3.05, 3.63) is 65.9 Å². The van der Waals surface area contributed by atoms with Crippen LogP contribution in [0.5, 0.6) is 11.5 Å². The lowest BCUT2D eigenvalue weighted by molar-refractivity contribution is -0.141. The van der Waals surface area contributed by atoms with Gasteiger partial charge in [0.05, 0.1) is 5.52 Å². The summed E-state index contributed by atoms with van der Waals surface area (Å²) in [7, 11) is 0. The molecular formula is C28H23NO4. The molecule has 1 N–H and O–H groups in total. The molecule has 6 rings (SSSR count). The predicted octanol–water partition coefficient (Wildman–Crippen LogP) is 5.83. The van der Waals surface area contributed by atoms with Crippen LogP contribution in [-0.2, 0) is 22.4 Å². The number of esters is 1. The number of carbonyl (C=O) groups excluding carboxylic acids is 1. The maximum absolute atomic E-state index is 11.2. The normalized spacial score (nSPS) is 13.1. The number of ether oxygens (including phenoxy) is 2. The quantitative estimate of drug-likeness (QED) is 0.166. The Morgan fingerprint density at radius 3 is 2.73 bits per heavy atom. The fourth-order valence-electron chi connectivity index (χ4n) is 5.24. The van der Waals surface area contributed by atoms with Crippen molar-refractivity contribution in [3.8, 4) is 11.5 Å². The maximum atomic E-state index is 11.2. The molecule has 0 amide bonds. The maximum Gasteiger partial charge on any atom is 0.302 e. The molecule has 5 heteroatoms. The smallest absolute Gasteiger partial charge is 0.302 e. The number of rotatable bonds is 4. The van der Waals surface area contributed by atoms with Crippen LogP contribution in [0.25, 0.3) is 43.2 Å². The molecule has 0 saturated carbocycles. The molecule has 164 valence electrons. The van der Waals surface area contributed by atoms with Gasteiger partial charge >= 0.3 is 5.97 Å². The summed E-state index contributed by atoms with van der Waals surface area (Å²) in [6, 6.07) is 16.6. The minimum Gasteiger partial charge on any atom is -0.504 e. The fourth-order valence-corrected chi connectivity index (χ4v) is 5.24. The zero-order valence-electron chi connectivity index (χ0n) is 18.4. The van der Waals surface area contributed by atoms with Gasteiger partial charge in [0.1, 0.15) is 13.2 Å². The molecular weight excluding hydrogens is 414 g/mol. The molecule has 33 heavy (non-hydrogen) atoms. The number of aryl methyl sites for hydroxylation is 2. The Balaban J connectivity index is 1.58. The highest BCUT2D eigenvalue weighted by Gasteiger charge is 2.22. The van der Waals surface area contributed by atoms with Crippen molar-refractivity contribution < 1.29 is 19.4 Å². The summed E-state index contributed by atoms with van der Waals surface area (Å²) in [5.41, 5.74) is 3.46. The van der Waals surface area contributed by atoms with Crippen LogP contribution in [0.3, 0.4) is 0 Å². The molecule has 1 aliphatic carbocycles. The molecule has 1 aliphatic rings. The Labute approximate surface area is 190 Å². The molecule has 0 saturated heterocycles. The minimum absolute atomic E-state index is 0.145. The summed E-state index contributed by atoms with van der Waals surface area (Å²) < 4.78 is 10.7. The van der Waals surface area contributed by atoms with E-state index in [0.717, 1.165) is 51.9 Å². The van der Waals surface area contributed by atoms with Gasteiger partial charge in [-0.05, 0) is 64.7 Å². The number of phenolic OH excluding ortho intramolecular Hbond substituents is 1. The molecule has 0 radical (unpaired) electrons. The monoisotopic (exact) mass is 437 g/mol. The zero-order chi connectivity index (χ0) is 22.5. The second-order valence-corrected chi connectivity index (χ2v) is 8.61. The average molecular weight is 437 g/mol. The summed E-state index contributed by atoms with van der Waals surface area (Å²) in [6.07, 6.45) is 4.88. The zero-order valence-corrected chi connectivity index (χ0v) is 18.4. The average Bonchev–Trinajstić information content (AvgIpc) is 2.83. The molecule has 5 aromatic rings. The van der Waals surface area contributed by atoms with Gasteiger partial charge in [-0.25, -0.2) is 0 Å². The van der Waals surface area contributed by atoms with Gasteiger partial charge in [-0.2, -0.15) is 0 Å². The van der Waals surface area contributed by atoms with Crippen molar-refractivity contribution in [1.82, 2.24) is 4.98 Å². The number of carbonyl (C=O) groups is 1. The second kappa shape index (κ2) is 7.62. The van der Waals surface area contributed by atoms with Crippen molar-refractivity contribution >= 4 is 49.2 Å². The highest BCUT2D eigenvalue weighted by atomic mass is 16.6. The SMILES string of the molecule is CC(=O)OCCOc1ccc2cc3c4c(cc5c6ccccc6cnc35)CCCc4c2c1O. The van der Waals surface area contributed by atoms with Crippen molar-refractivity contribution in [3.63, 3.8) is 0 Å². The van der Waals surface area contributed by atoms with Crippen molar-refractivity contribution in [2.45, 2.75) is 26.2 Å². The highest BCUT2D eigenvalue weighted by molar-refractivity contribution is 6.20. The largest absolute Gasteiger partial charge is 0.504 e. The Bertz CT molecular complexity index is 1590. The van der Waals surface area contributed by atoms with Crippen molar-refractivity contribution in [2.24, 2.45) is 0 Å². The Hall–Kier alpha value is -3.86. The third-order valence-corrected chi connectivity index (χ3v) is 6.60. The molecule has 0 bridgehead atoms. The van der Waals surface area contributed by atoms with Gasteiger partial charge in [-0.1, -0.05) is 30.3 Å². The van der Waals surface area contributed by atoms with E-state index in [2.05, 4.69) is 30.3 Å². The summed E-state index contributed by atoms with van der Waals surface area (Å²) in [4.78, 5) is 15.8. The van der Waals surface area contributed by atoms with E-state index in [4.69, 9.17) is 14.5 Å². The van der Waals surface area contributed by atoms with Crippen LogP contribution in [0.15, 0.2) is 54.7 Å². The van der Waals surface area contributed by atoms with Gasteiger partial charge in [-0.3, -0.25) is 9.78 Å². The van der Waals surface area contributed by atoms with E-state index in [9.17, 15) is 9.90 Å². The molecule has 1 heterocycles. The molecule has 0 fully saturated rings. The molecule has 0 spiro atoms. The van der Waals surface area contributed by atoms with E-state index in [0.29, 0.717) is 5.75 Å². The van der Waals surface area contributed by atoms with Crippen LogP contribution < -0.4 is 4.74 Å². The van der Waals surface area contributed by atoms with Crippen LogP contribution in [0.4, 0.5) is 0 Å². The number of aromatic nitrogens is 1. The fraction of sp³-hybridized carbons (Fsp3) is 0.214. The van der Waals surface area contributed by atoms with Crippen LogP contribution in [-0.4, -0.2) is 29.3 Å². The number of pyridine rings is 1. The molecule has 0 aliphatic heterocycles. The molecule has 4 aromatic carbocycles. The third-order valence-electron chi connectivity index (χ3n) is 6.60. The van der Waals surface area contributed by atoms with Crippen LogP contribution in [0.1, 0.15) is 24.5 Å².